The molecular formula is C11H16N2O3. The zero-order valence-corrected chi connectivity index (χ0v) is 9.36. The van der Waals surface area contributed by atoms with Gasteiger partial charge in [-0.3, -0.25) is 4.79 Å². The molecule has 0 heterocycles. The van der Waals surface area contributed by atoms with Gasteiger partial charge in [0, 0.05) is 0 Å². The number of carbonyl (C=O) groups is 1. The number of ether oxygens (including phenoxy) is 1. The fraction of sp³-hybridized carbons (Fsp3) is 0.364. The van der Waals surface area contributed by atoms with Gasteiger partial charge in [-0.25, -0.2) is 0 Å². The zero-order chi connectivity index (χ0) is 12.1. The van der Waals surface area contributed by atoms with Crippen LogP contribution in [0.15, 0.2) is 18.2 Å². The van der Waals surface area contributed by atoms with Gasteiger partial charge in [-0.05, 0) is 24.6 Å². The molecule has 1 atom stereocenters. The van der Waals surface area contributed by atoms with Crippen LogP contribution in [0, 0.1) is 6.92 Å². The van der Waals surface area contributed by atoms with E-state index in [1.54, 1.807) is 12.1 Å². The maximum absolute atomic E-state index is 11.5. The van der Waals surface area contributed by atoms with Crippen LogP contribution in [0.2, 0.25) is 0 Å². The van der Waals surface area contributed by atoms with E-state index < -0.39 is 11.9 Å². The first-order chi connectivity index (χ1) is 7.58. The molecule has 5 heteroatoms. The minimum Gasteiger partial charge on any atom is -0.495 e. The van der Waals surface area contributed by atoms with E-state index in [1.807, 2.05) is 13.0 Å². The topological polar surface area (TPSA) is 84.6 Å². The molecule has 0 aromatic heterocycles. The highest BCUT2D eigenvalue weighted by Crippen LogP contribution is 2.25. The van der Waals surface area contributed by atoms with E-state index in [0.29, 0.717) is 11.4 Å². The predicted molar refractivity (Wildman–Crippen MR) is 61.4 cm³/mol. The van der Waals surface area contributed by atoms with Gasteiger partial charge in [0.25, 0.3) is 0 Å². The van der Waals surface area contributed by atoms with Crippen molar-refractivity contribution in [1.29, 1.82) is 0 Å². The monoisotopic (exact) mass is 224 g/mol. The Morgan fingerprint density at radius 3 is 2.88 bits per heavy atom. The van der Waals surface area contributed by atoms with E-state index in [1.165, 1.54) is 7.11 Å². The van der Waals surface area contributed by atoms with Gasteiger partial charge in [0.15, 0.2) is 0 Å². The highest BCUT2D eigenvalue weighted by molar-refractivity contribution is 5.96. The third kappa shape index (κ3) is 2.95. The van der Waals surface area contributed by atoms with Crippen LogP contribution in [0.1, 0.15) is 5.56 Å². The second-order valence-corrected chi connectivity index (χ2v) is 3.48. The van der Waals surface area contributed by atoms with Gasteiger partial charge in [0.05, 0.1) is 19.4 Å². The molecule has 0 aliphatic heterocycles. The number of rotatable bonds is 4. The van der Waals surface area contributed by atoms with Crippen LogP contribution < -0.4 is 15.8 Å². The summed E-state index contributed by atoms with van der Waals surface area (Å²) in [6, 6.07) is 4.49. The van der Waals surface area contributed by atoms with Crippen LogP contribution in [0.3, 0.4) is 0 Å². The van der Waals surface area contributed by atoms with E-state index in [2.05, 4.69) is 5.32 Å². The lowest BCUT2D eigenvalue weighted by molar-refractivity contribution is -0.118. The standard InChI is InChI=1S/C11H16N2O3/c1-7-3-4-10(16-2)9(5-7)13-11(15)8(12)6-14/h3-5,8,14H,6,12H2,1-2H3,(H,13,15). The lowest BCUT2D eigenvalue weighted by Gasteiger charge is -2.13. The Hall–Kier alpha value is -1.59. The molecular weight excluding hydrogens is 208 g/mol. The van der Waals surface area contributed by atoms with Crippen molar-refractivity contribution in [2.45, 2.75) is 13.0 Å². The van der Waals surface area contributed by atoms with Gasteiger partial charge in [-0.15, -0.1) is 0 Å². The van der Waals surface area contributed by atoms with E-state index >= 15 is 0 Å². The lowest BCUT2D eigenvalue weighted by atomic mass is 10.2. The minimum absolute atomic E-state index is 0.389. The first-order valence-corrected chi connectivity index (χ1v) is 4.90. The fourth-order valence-electron chi connectivity index (χ4n) is 1.23. The van der Waals surface area contributed by atoms with Crippen molar-refractivity contribution in [2.24, 2.45) is 5.73 Å². The molecule has 0 radical (unpaired) electrons. The van der Waals surface area contributed by atoms with E-state index in [4.69, 9.17) is 15.6 Å². The fourth-order valence-corrected chi connectivity index (χ4v) is 1.23. The van der Waals surface area contributed by atoms with Crippen molar-refractivity contribution in [2.75, 3.05) is 19.0 Å². The molecule has 0 spiro atoms. The number of methoxy groups -OCH3 is 1. The quantitative estimate of drug-likeness (QED) is 0.685. The molecule has 4 N–H and O–H groups in total. The molecule has 88 valence electrons. The second kappa shape index (κ2) is 5.48. The van der Waals surface area contributed by atoms with Gasteiger partial charge in [0.1, 0.15) is 11.8 Å². The number of nitrogens with two attached hydrogens (primary N) is 1. The summed E-state index contributed by atoms with van der Waals surface area (Å²) in [7, 11) is 1.52. The van der Waals surface area contributed by atoms with E-state index in [0.717, 1.165) is 5.56 Å². The Bertz CT molecular complexity index is 379. The summed E-state index contributed by atoms with van der Waals surface area (Å²) in [5.74, 6) is 0.121. The van der Waals surface area contributed by atoms with Gasteiger partial charge < -0.3 is 20.9 Å². The molecule has 0 fully saturated rings. The number of nitrogens with one attached hydrogen (secondary N) is 1. The highest BCUT2D eigenvalue weighted by Gasteiger charge is 2.14. The minimum atomic E-state index is -0.926. The number of anilines is 1. The van der Waals surface area contributed by atoms with Crippen molar-refractivity contribution in [3.63, 3.8) is 0 Å². The van der Waals surface area contributed by atoms with Gasteiger partial charge in [-0.1, -0.05) is 6.07 Å². The van der Waals surface area contributed by atoms with Crippen molar-refractivity contribution in [1.82, 2.24) is 0 Å². The Morgan fingerprint density at radius 1 is 1.62 bits per heavy atom. The lowest BCUT2D eigenvalue weighted by Crippen LogP contribution is -2.38. The van der Waals surface area contributed by atoms with Crippen molar-refractivity contribution in [3.05, 3.63) is 23.8 Å². The summed E-state index contributed by atoms with van der Waals surface area (Å²) in [6.07, 6.45) is 0. The molecule has 1 aromatic carbocycles. The molecule has 1 rings (SSSR count). The predicted octanol–water partition coefficient (Wildman–Crippen LogP) is 0.262. The van der Waals surface area contributed by atoms with Crippen LogP contribution in [0.5, 0.6) is 5.75 Å². The molecule has 5 nitrogen and oxygen atoms in total. The Morgan fingerprint density at radius 2 is 2.31 bits per heavy atom. The first-order valence-electron chi connectivity index (χ1n) is 4.90. The second-order valence-electron chi connectivity index (χ2n) is 3.48. The molecule has 1 amide bonds. The maximum atomic E-state index is 11.5. The van der Waals surface area contributed by atoms with Crippen molar-refractivity contribution >= 4 is 11.6 Å². The molecule has 0 bridgehead atoms. The van der Waals surface area contributed by atoms with Gasteiger partial charge >= 0.3 is 0 Å². The summed E-state index contributed by atoms with van der Waals surface area (Å²) in [6.45, 7) is 1.51. The maximum Gasteiger partial charge on any atom is 0.243 e. The molecule has 0 aliphatic rings. The SMILES string of the molecule is COc1ccc(C)cc1NC(=O)C(N)CO. The molecule has 16 heavy (non-hydrogen) atoms. The normalized spacial score (nSPS) is 12.0. The highest BCUT2D eigenvalue weighted by atomic mass is 16.5. The number of aliphatic hydroxyl groups is 1. The number of aryl methyl sites for hydroxylation is 1. The Labute approximate surface area is 94.2 Å². The first kappa shape index (κ1) is 12.5. The summed E-state index contributed by atoms with van der Waals surface area (Å²) in [5, 5.41) is 11.4. The zero-order valence-electron chi connectivity index (χ0n) is 9.36. The summed E-state index contributed by atoms with van der Waals surface area (Å²) in [5.41, 5.74) is 6.94. The van der Waals surface area contributed by atoms with Crippen LogP contribution in [-0.2, 0) is 4.79 Å². The third-order valence-corrected chi connectivity index (χ3v) is 2.15. The van der Waals surface area contributed by atoms with Crippen LogP contribution in [0.4, 0.5) is 5.69 Å². The van der Waals surface area contributed by atoms with Crippen LogP contribution in [-0.4, -0.2) is 30.8 Å². The van der Waals surface area contributed by atoms with E-state index in [9.17, 15) is 4.79 Å². The number of hydrogen-bond donors (Lipinski definition) is 3. The van der Waals surface area contributed by atoms with E-state index in [-0.39, 0.29) is 6.61 Å². The molecule has 0 aliphatic carbocycles. The Kier molecular flexibility index (Phi) is 4.28. The Balaban J connectivity index is 2.87. The summed E-state index contributed by atoms with van der Waals surface area (Å²) >= 11 is 0. The van der Waals surface area contributed by atoms with Gasteiger partial charge in [0.2, 0.25) is 5.91 Å². The summed E-state index contributed by atoms with van der Waals surface area (Å²) in [4.78, 5) is 11.5. The summed E-state index contributed by atoms with van der Waals surface area (Å²) < 4.78 is 5.10. The number of carbonyl (C=O) groups excluding carboxylic acids is 1. The van der Waals surface area contributed by atoms with Crippen molar-refractivity contribution in [3.8, 4) is 5.75 Å². The number of benzene rings is 1. The van der Waals surface area contributed by atoms with Crippen molar-refractivity contribution < 1.29 is 14.6 Å². The third-order valence-electron chi connectivity index (χ3n) is 2.15. The molecule has 1 unspecified atom stereocenters. The smallest absolute Gasteiger partial charge is 0.243 e. The van der Waals surface area contributed by atoms with Crippen LogP contribution >= 0.6 is 0 Å². The van der Waals surface area contributed by atoms with Gasteiger partial charge in [-0.2, -0.15) is 0 Å². The van der Waals surface area contributed by atoms with Crippen LogP contribution in [0.25, 0.3) is 0 Å². The molecule has 0 saturated carbocycles. The average Bonchev–Trinajstić information content (AvgIpc) is 2.28. The average molecular weight is 224 g/mol. The number of hydrogen-bond acceptors (Lipinski definition) is 4. The molecule has 0 saturated heterocycles. The number of amides is 1. The molecule has 1 aromatic rings. The number of aliphatic hydroxyl groups excluding tert-OH is 1. The largest absolute Gasteiger partial charge is 0.495 e.